The minimum atomic E-state index is 0.187. The van der Waals surface area contributed by atoms with Crippen molar-refractivity contribution in [3.05, 3.63) is 0 Å². The summed E-state index contributed by atoms with van der Waals surface area (Å²) in [6.07, 6.45) is 2.40. The highest BCUT2D eigenvalue weighted by Crippen LogP contribution is 2.22. The van der Waals surface area contributed by atoms with Crippen molar-refractivity contribution in [1.82, 2.24) is 5.43 Å². The number of ether oxygens (including phenoxy) is 1. The quantitative estimate of drug-likeness (QED) is 0.512. The Labute approximate surface area is 88.4 Å². The second kappa shape index (κ2) is 6.38. The van der Waals surface area contributed by atoms with Crippen LogP contribution in [0.2, 0.25) is 0 Å². The lowest BCUT2D eigenvalue weighted by atomic mass is 9.88. The molecule has 3 heteroatoms. The van der Waals surface area contributed by atoms with Gasteiger partial charge in [0, 0.05) is 12.6 Å². The third-order valence-electron chi connectivity index (χ3n) is 2.42. The molecule has 0 fully saturated rings. The van der Waals surface area contributed by atoms with Gasteiger partial charge in [0.1, 0.15) is 0 Å². The van der Waals surface area contributed by atoms with E-state index in [1.165, 1.54) is 0 Å². The van der Waals surface area contributed by atoms with Crippen LogP contribution in [0.5, 0.6) is 0 Å². The number of nitrogens with one attached hydrogen (secondary N) is 1. The Morgan fingerprint density at radius 1 is 1.36 bits per heavy atom. The van der Waals surface area contributed by atoms with Crippen molar-refractivity contribution in [3.63, 3.8) is 0 Å². The van der Waals surface area contributed by atoms with Gasteiger partial charge in [0.15, 0.2) is 0 Å². The predicted octanol–water partition coefficient (Wildman–Crippen LogP) is 2.07. The molecule has 0 aliphatic rings. The summed E-state index contributed by atoms with van der Waals surface area (Å²) in [4.78, 5) is 0. The highest BCUT2D eigenvalue weighted by molar-refractivity contribution is 4.74. The van der Waals surface area contributed by atoms with E-state index >= 15 is 0 Å². The zero-order chi connectivity index (χ0) is 11.2. The van der Waals surface area contributed by atoms with Crippen molar-refractivity contribution in [2.24, 2.45) is 11.3 Å². The zero-order valence-corrected chi connectivity index (χ0v) is 10.3. The first-order valence-corrected chi connectivity index (χ1v) is 5.48. The molecule has 2 atom stereocenters. The van der Waals surface area contributed by atoms with Crippen LogP contribution in [0.25, 0.3) is 0 Å². The Kier molecular flexibility index (Phi) is 6.33. The Balaban J connectivity index is 3.90. The van der Waals surface area contributed by atoms with Gasteiger partial charge in [-0.05, 0) is 32.1 Å². The normalized spacial score (nSPS) is 16.7. The van der Waals surface area contributed by atoms with Gasteiger partial charge < -0.3 is 4.74 Å². The first kappa shape index (κ1) is 13.9. The van der Waals surface area contributed by atoms with Crippen molar-refractivity contribution in [2.45, 2.75) is 59.6 Å². The van der Waals surface area contributed by atoms with E-state index in [4.69, 9.17) is 10.6 Å². The van der Waals surface area contributed by atoms with Gasteiger partial charge in [0.2, 0.25) is 0 Å². The topological polar surface area (TPSA) is 47.3 Å². The Morgan fingerprint density at radius 2 is 1.93 bits per heavy atom. The second-order valence-electron chi connectivity index (χ2n) is 5.03. The van der Waals surface area contributed by atoms with Gasteiger partial charge in [-0.25, -0.2) is 0 Å². The molecule has 0 heterocycles. The van der Waals surface area contributed by atoms with Gasteiger partial charge in [-0.2, -0.15) is 0 Å². The maximum Gasteiger partial charge on any atom is 0.0713 e. The van der Waals surface area contributed by atoms with Gasteiger partial charge in [-0.15, -0.1) is 0 Å². The third kappa shape index (κ3) is 6.35. The van der Waals surface area contributed by atoms with E-state index in [0.717, 1.165) is 19.4 Å². The summed E-state index contributed by atoms with van der Waals surface area (Å²) in [6.45, 7) is 11.5. The number of hydrogen-bond donors (Lipinski definition) is 2. The lowest BCUT2D eigenvalue weighted by Gasteiger charge is -2.26. The molecule has 0 rings (SSSR count). The van der Waals surface area contributed by atoms with E-state index in [9.17, 15) is 0 Å². The average Bonchev–Trinajstić information content (AvgIpc) is 2.03. The van der Waals surface area contributed by atoms with Crippen LogP contribution in [0, 0.1) is 5.41 Å². The summed E-state index contributed by atoms with van der Waals surface area (Å²) < 4.78 is 5.52. The summed E-state index contributed by atoms with van der Waals surface area (Å²) in [7, 11) is 0. The van der Waals surface area contributed by atoms with E-state index in [-0.39, 0.29) is 12.1 Å². The molecular weight excluding hydrogens is 176 g/mol. The Morgan fingerprint density at radius 3 is 2.29 bits per heavy atom. The van der Waals surface area contributed by atoms with Crippen LogP contribution in [-0.4, -0.2) is 18.8 Å². The minimum Gasteiger partial charge on any atom is -0.377 e. The molecule has 2 unspecified atom stereocenters. The molecule has 14 heavy (non-hydrogen) atoms. The average molecular weight is 202 g/mol. The van der Waals surface area contributed by atoms with Crippen LogP contribution in [0.4, 0.5) is 0 Å². The Bertz CT molecular complexity index is 143. The molecule has 0 saturated heterocycles. The van der Waals surface area contributed by atoms with Crippen LogP contribution in [0.3, 0.4) is 0 Å². The lowest BCUT2D eigenvalue weighted by Crippen LogP contribution is -2.44. The first-order chi connectivity index (χ1) is 6.40. The zero-order valence-electron chi connectivity index (χ0n) is 10.3. The summed E-state index contributed by atoms with van der Waals surface area (Å²) >= 11 is 0. The number of nitrogens with two attached hydrogens (primary N) is 1. The molecule has 0 aromatic carbocycles. The van der Waals surface area contributed by atoms with Crippen LogP contribution in [0.1, 0.15) is 47.5 Å². The molecule has 0 aliphatic carbocycles. The van der Waals surface area contributed by atoms with E-state index in [1.807, 2.05) is 6.92 Å². The third-order valence-corrected chi connectivity index (χ3v) is 2.42. The first-order valence-electron chi connectivity index (χ1n) is 5.48. The lowest BCUT2D eigenvalue weighted by molar-refractivity contribution is 0.0422. The molecule has 86 valence electrons. The summed E-state index contributed by atoms with van der Waals surface area (Å²) in [5.41, 5.74) is 3.20. The van der Waals surface area contributed by atoms with E-state index < -0.39 is 0 Å². The molecule has 0 aromatic heterocycles. The van der Waals surface area contributed by atoms with Crippen molar-refractivity contribution in [2.75, 3.05) is 6.61 Å². The van der Waals surface area contributed by atoms with E-state index in [2.05, 4.69) is 33.1 Å². The summed E-state index contributed by atoms with van der Waals surface area (Å²) in [6, 6.07) is 0.258. The molecule has 0 saturated carbocycles. The van der Waals surface area contributed by atoms with E-state index in [0.29, 0.717) is 5.41 Å². The van der Waals surface area contributed by atoms with Crippen LogP contribution < -0.4 is 11.3 Å². The van der Waals surface area contributed by atoms with E-state index in [1.54, 1.807) is 0 Å². The molecule has 0 bridgehead atoms. The minimum absolute atomic E-state index is 0.187. The number of rotatable bonds is 6. The maximum absolute atomic E-state index is 5.52. The SMILES string of the molecule is CCOC(C)C(CCC(C)(C)C)NN. The van der Waals surface area contributed by atoms with Crippen LogP contribution in [-0.2, 0) is 4.74 Å². The molecule has 0 aliphatic heterocycles. The Hall–Kier alpha value is -0.120. The largest absolute Gasteiger partial charge is 0.377 e. The number of hydrogen-bond acceptors (Lipinski definition) is 3. The van der Waals surface area contributed by atoms with Crippen molar-refractivity contribution in [3.8, 4) is 0 Å². The predicted molar refractivity (Wildman–Crippen MR) is 60.9 cm³/mol. The summed E-state index contributed by atoms with van der Waals surface area (Å²) in [5, 5.41) is 0. The standard InChI is InChI=1S/C11H26N2O/c1-6-14-9(2)10(13-12)7-8-11(3,4)5/h9-10,13H,6-8,12H2,1-5H3. The van der Waals surface area contributed by atoms with Crippen molar-refractivity contribution < 1.29 is 4.74 Å². The molecule has 3 N–H and O–H groups in total. The fraction of sp³-hybridized carbons (Fsp3) is 1.00. The molecule has 0 spiro atoms. The highest BCUT2D eigenvalue weighted by atomic mass is 16.5. The molecular formula is C11H26N2O. The van der Waals surface area contributed by atoms with Gasteiger partial charge in [0.05, 0.1) is 6.10 Å². The van der Waals surface area contributed by atoms with Crippen LogP contribution in [0.15, 0.2) is 0 Å². The molecule has 0 radical (unpaired) electrons. The molecule has 0 aromatic rings. The number of hydrazine groups is 1. The monoisotopic (exact) mass is 202 g/mol. The molecule has 3 nitrogen and oxygen atoms in total. The van der Waals surface area contributed by atoms with Crippen molar-refractivity contribution >= 4 is 0 Å². The summed E-state index contributed by atoms with van der Waals surface area (Å²) in [5.74, 6) is 5.50. The van der Waals surface area contributed by atoms with Crippen molar-refractivity contribution in [1.29, 1.82) is 0 Å². The van der Waals surface area contributed by atoms with Gasteiger partial charge >= 0.3 is 0 Å². The molecule has 0 amide bonds. The fourth-order valence-corrected chi connectivity index (χ4v) is 1.42. The van der Waals surface area contributed by atoms with Gasteiger partial charge in [-0.1, -0.05) is 20.8 Å². The second-order valence-corrected chi connectivity index (χ2v) is 5.03. The maximum atomic E-state index is 5.52. The highest BCUT2D eigenvalue weighted by Gasteiger charge is 2.19. The van der Waals surface area contributed by atoms with Gasteiger partial charge in [0.25, 0.3) is 0 Å². The fourth-order valence-electron chi connectivity index (χ4n) is 1.42. The van der Waals surface area contributed by atoms with Crippen LogP contribution >= 0.6 is 0 Å². The smallest absolute Gasteiger partial charge is 0.0713 e. The van der Waals surface area contributed by atoms with Gasteiger partial charge in [-0.3, -0.25) is 11.3 Å².